The summed E-state index contributed by atoms with van der Waals surface area (Å²) in [5.41, 5.74) is 1.95. The zero-order valence-electron chi connectivity index (χ0n) is 15.0. The predicted molar refractivity (Wildman–Crippen MR) is 103 cm³/mol. The van der Waals surface area contributed by atoms with Crippen LogP contribution in [-0.2, 0) is 4.79 Å². The van der Waals surface area contributed by atoms with Gasteiger partial charge in [0.05, 0.1) is 18.8 Å². The molecular weight excluding hydrogens is 350 g/mol. The van der Waals surface area contributed by atoms with E-state index in [9.17, 15) is 10.1 Å². The summed E-state index contributed by atoms with van der Waals surface area (Å²) in [5, 5.41) is 10.0. The van der Waals surface area contributed by atoms with E-state index in [1.807, 2.05) is 19.9 Å². The summed E-state index contributed by atoms with van der Waals surface area (Å²) in [4.78, 5) is 11.9. The fraction of sp³-hybridized carbons (Fsp3) is 0.238. The molecule has 0 amide bonds. The molecule has 0 aliphatic rings. The maximum absolute atomic E-state index is 11.9. The van der Waals surface area contributed by atoms with E-state index in [0.717, 1.165) is 11.1 Å². The molecule has 0 aliphatic carbocycles. The Kier molecular flexibility index (Phi) is 6.82. The van der Waals surface area contributed by atoms with Crippen molar-refractivity contribution in [3.8, 4) is 17.6 Å². The molecule has 5 heteroatoms. The normalized spacial score (nSPS) is 11.2. The van der Waals surface area contributed by atoms with Gasteiger partial charge in [-0.2, -0.15) is 5.26 Å². The molecule has 2 aromatic rings. The Labute approximate surface area is 158 Å². The summed E-state index contributed by atoms with van der Waals surface area (Å²) in [6.45, 7) is 3.90. The van der Waals surface area contributed by atoms with Crippen molar-refractivity contribution in [2.75, 3.05) is 7.11 Å². The van der Waals surface area contributed by atoms with Crippen molar-refractivity contribution in [3.63, 3.8) is 0 Å². The zero-order valence-corrected chi connectivity index (χ0v) is 15.7. The van der Waals surface area contributed by atoms with Crippen LogP contribution in [0.1, 0.15) is 31.4 Å². The second kappa shape index (κ2) is 9.07. The number of methoxy groups -OCH3 is 1. The molecule has 0 atom stereocenters. The van der Waals surface area contributed by atoms with Crippen LogP contribution in [0.25, 0.3) is 11.6 Å². The van der Waals surface area contributed by atoms with E-state index in [-0.39, 0.29) is 11.9 Å². The Bertz CT molecular complexity index is 866. The van der Waals surface area contributed by atoms with E-state index in [1.165, 1.54) is 7.11 Å². The van der Waals surface area contributed by atoms with E-state index < -0.39 is 0 Å². The first kappa shape index (κ1) is 19.6. The molecule has 134 valence electrons. The Morgan fingerprint density at radius 3 is 2.62 bits per heavy atom. The van der Waals surface area contributed by atoms with Crippen molar-refractivity contribution < 1.29 is 14.3 Å². The zero-order chi connectivity index (χ0) is 19.1. The molecule has 0 aliphatic heterocycles. The number of benzene rings is 2. The van der Waals surface area contributed by atoms with Crippen LogP contribution < -0.4 is 9.47 Å². The highest BCUT2D eigenvalue weighted by atomic mass is 35.5. The van der Waals surface area contributed by atoms with Gasteiger partial charge in [-0.15, -0.1) is 0 Å². The minimum Gasteiger partial charge on any atom is -0.493 e. The molecule has 0 radical (unpaired) electrons. The van der Waals surface area contributed by atoms with Gasteiger partial charge in [-0.25, -0.2) is 0 Å². The molecule has 0 N–H and O–H groups in total. The van der Waals surface area contributed by atoms with Gasteiger partial charge < -0.3 is 9.47 Å². The fourth-order valence-corrected chi connectivity index (χ4v) is 2.55. The molecular formula is C21H20ClNO3. The Hall–Kier alpha value is -2.77. The van der Waals surface area contributed by atoms with Crippen LogP contribution in [0.2, 0.25) is 5.02 Å². The molecule has 0 saturated heterocycles. The molecule has 4 nitrogen and oxygen atoms in total. The van der Waals surface area contributed by atoms with E-state index >= 15 is 0 Å². The SMILES string of the molecule is COc1cc(/C=C(/C#N)c2cccc(Cl)c2)ccc1OC(=O)CC(C)C. The summed E-state index contributed by atoms with van der Waals surface area (Å²) >= 11 is 6.00. The molecule has 2 rings (SSSR count). The molecule has 0 fully saturated rings. The van der Waals surface area contributed by atoms with Gasteiger partial charge in [0.2, 0.25) is 0 Å². The minimum absolute atomic E-state index is 0.214. The maximum Gasteiger partial charge on any atom is 0.311 e. The topological polar surface area (TPSA) is 59.3 Å². The van der Waals surface area contributed by atoms with Gasteiger partial charge in [0.15, 0.2) is 11.5 Å². The smallest absolute Gasteiger partial charge is 0.311 e. The minimum atomic E-state index is -0.307. The molecule has 0 unspecified atom stereocenters. The van der Waals surface area contributed by atoms with E-state index in [0.29, 0.717) is 28.5 Å². The predicted octanol–water partition coefficient (Wildman–Crippen LogP) is 5.36. The van der Waals surface area contributed by atoms with Gasteiger partial charge in [-0.3, -0.25) is 4.79 Å². The average Bonchev–Trinajstić information content (AvgIpc) is 2.60. The number of nitriles is 1. The Morgan fingerprint density at radius 1 is 1.23 bits per heavy atom. The largest absolute Gasteiger partial charge is 0.493 e. The number of carbonyl (C=O) groups excluding carboxylic acids is 1. The third-order valence-corrected chi connectivity index (χ3v) is 3.79. The highest BCUT2D eigenvalue weighted by molar-refractivity contribution is 6.30. The third kappa shape index (κ3) is 5.37. The lowest BCUT2D eigenvalue weighted by Crippen LogP contribution is -2.11. The van der Waals surface area contributed by atoms with Gasteiger partial charge in [-0.05, 0) is 47.4 Å². The second-order valence-electron chi connectivity index (χ2n) is 6.16. The van der Waals surface area contributed by atoms with Crippen LogP contribution in [-0.4, -0.2) is 13.1 Å². The maximum atomic E-state index is 11.9. The van der Waals surface area contributed by atoms with Gasteiger partial charge in [-0.1, -0.05) is 43.6 Å². The second-order valence-corrected chi connectivity index (χ2v) is 6.60. The van der Waals surface area contributed by atoms with Crippen LogP contribution in [0, 0.1) is 17.2 Å². The number of nitrogens with zero attached hydrogens (tertiary/aromatic N) is 1. The summed E-state index contributed by atoms with van der Waals surface area (Å²) < 4.78 is 10.7. The summed E-state index contributed by atoms with van der Waals surface area (Å²) in [6, 6.07) is 14.4. The molecule has 0 spiro atoms. The molecule has 0 heterocycles. The monoisotopic (exact) mass is 369 g/mol. The van der Waals surface area contributed by atoms with Gasteiger partial charge in [0.1, 0.15) is 0 Å². The van der Waals surface area contributed by atoms with Crippen LogP contribution >= 0.6 is 11.6 Å². The van der Waals surface area contributed by atoms with Crippen LogP contribution in [0.15, 0.2) is 42.5 Å². The standard InChI is InChI=1S/C21H20ClNO3/c1-14(2)9-21(24)26-19-8-7-15(11-20(19)25-3)10-17(13-23)16-5-4-6-18(22)12-16/h4-8,10-12,14H,9H2,1-3H3/b17-10-. The number of halogens is 1. The van der Waals surface area contributed by atoms with Crippen LogP contribution in [0.4, 0.5) is 0 Å². The molecule has 2 aromatic carbocycles. The highest BCUT2D eigenvalue weighted by Crippen LogP contribution is 2.30. The fourth-order valence-electron chi connectivity index (χ4n) is 2.36. The van der Waals surface area contributed by atoms with Crippen molar-refractivity contribution in [2.24, 2.45) is 5.92 Å². The molecule has 0 aromatic heterocycles. The quantitative estimate of drug-likeness (QED) is 0.297. The number of hydrogen-bond acceptors (Lipinski definition) is 4. The number of carbonyl (C=O) groups is 1. The molecule has 0 saturated carbocycles. The van der Waals surface area contributed by atoms with Gasteiger partial charge in [0, 0.05) is 11.4 Å². The first-order valence-electron chi connectivity index (χ1n) is 8.19. The molecule has 0 bridgehead atoms. The van der Waals surface area contributed by atoms with Crippen molar-refractivity contribution in [1.29, 1.82) is 5.26 Å². The van der Waals surface area contributed by atoms with E-state index in [1.54, 1.807) is 42.5 Å². The summed E-state index contributed by atoms with van der Waals surface area (Å²) in [6.07, 6.45) is 2.06. The van der Waals surface area contributed by atoms with Crippen LogP contribution in [0.5, 0.6) is 11.5 Å². The van der Waals surface area contributed by atoms with Gasteiger partial charge >= 0.3 is 5.97 Å². The van der Waals surface area contributed by atoms with Crippen molar-refractivity contribution >= 4 is 29.2 Å². The number of esters is 1. The average molecular weight is 370 g/mol. The first-order valence-corrected chi connectivity index (χ1v) is 8.57. The summed E-state index contributed by atoms with van der Waals surface area (Å²) in [7, 11) is 1.50. The molecule has 26 heavy (non-hydrogen) atoms. The number of allylic oxidation sites excluding steroid dienone is 1. The van der Waals surface area contributed by atoms with E-state index in [4.69, 9.17) is 21.1 Å². The van der Waals surface area contributed by atoms with E-state index in [2.05, 4.69) is 6.07 Å². The Balaban J connectivity index is 2.30. The lowest BCUT2D eigenvalue weighted by atomic mass is 10.0. The Morgan fingerprint density at radius 2 is 2.00 bits per heavy atom. The third-order valence-electron chi connectivity index (χ3n) is 3.55. The van der Waals surface area contributed by atoms with Crippen molar-refractivity contribution in [2.45, 2.75) is 20.3 Å². The first-order chi connectivity index (χ1) is 12.4. The number of rotatable bonds is 6. The highest BCUT2D eigenvalue weighted by Gasteiger charge is 2.12. The van der Waals surface area contributed by atoms with Crippen molar-refractivity contribution in [3.05, 3.63) is 58.6 Å². The van der Waals surface area contributed by atoms with Crippen molar-refractivity contribution in [1.82, 2.24) is 0 Å². The number of hydrogen-bond donors (Lipinski definition) is 0. The number of ether oxygens (including phenoxy) is 2. The lowest BCUT2D eigenvalue weighted by Gasteiger charge is -2.11. The van der Waals surface area contributed by atoms with Gasteiger partial charge in [0.25, 0.3) is 0 Å². The van der Waals surface area contributed by atoms with Crippen LogP contribution in [0.3, 0.4) is 0 Å². The lowest BCUT2D eigenvalue weighted by molar-refractivity contribution is -0.135. The summed E-state index contributed by atoms with van der Waals surface area (Å²) in [5.74, 6) is 0.695.